The second kappa shape index (κ2) is 10.3. The van der Waals surface area contributed by atoms with E-state index in [0.717, 1.165) is 57.0 Å². The van der Waals surface area contributed by atoms with E-state index in [-0.39, 0.29) is 42.0 Å². The van der Waals surface area contributed by atoms with Crippen molar-refractivity contribution in [3.63, 3.8) is 0 Å². The van der Waals surface area contributed by atoms with Gasteiger partial charge in [-0.1, -0.05) is 12.1 Å². The van der Waals surface area contributed by atoms with E-state index < -0.39 is 0 Å². The number of benzene rings is 1. The minimum absolute atomic E-state index is 0. The van der Waals surface area contributed by atoms with E-state index in [1.807, 2.05) is 12.1 Å². The average molecular weight is 463 g/mol. The van der Waals surface area contributed by atoms with Crippen LogP contribution in [0.3, 0.4) is 0 Å². The standard InChI is InChI=1S/C18H26FN3O2.HI/c1-20-18(21-9-8-14-4-6-15(19)7-5-14)22-10-12-24-17(13-22)16-3-2-11-23-16;/h4-7,16-17H,2-3,8-13H2,1H3,(H,20,21);1H. The van der Waals surface area contributed by atoms with Crippen molar-refractivity contribution in [1.82, 2.24) is 10.2 Å². The molecule has 0 aliphatic carbocycles. The number of hydrogen-bond donors (Lipinski definition) is 1. The van der Waals surface area contributed by atoms with Crippen LogP contribution in [0.5, 0.6) is 0 Å². The third-order valence-corrected chi connectivity index (χ3v) is 4.59. The first kappa shape index (κ1) is 20.4. The van der Waals surface area contributed by atoms with Gasteiger partial charge in [-0.3, -0.25) is 4.99 Å². The third kappa shape index (κ3) is 5.79. The summed E-state index contributed by atoms with van der Waals surface area (Å²) >= 11 is 0. The van der Waals surface area contributed by atoms with Gasteiger partial charge in [-0.05, 0) is 37.0 Å². The summed E-state index contributed by atoms with van der Waals surface area (Å²) in [5.74, 6) is 0.694. The van der Waals surface area contributed by atoms with Gasteiger partial charge in [0.1, 0.15) is 11.9 Å². The maximum Gasteiger partial charge on any atom is 0.193 e. The lowest BCUT2D eigenvalue weighted by Crippen LogP contribution is -2.53. The van der Waals surface area contributed by atoms with Crippen LogP contribution in [0.4, 0.5) is 4.39 Å². The smallest absolute Gasteiger partial charge is 0.193 e. The lowest BCUT2D eigenvalue weighted by Gasteiger charge is -2.37. The predicted octanol–water partition coefficient (Wildman–Crippen LogP) is 2.44. The Bertz CT molecular complexity index is 550. The Balaban J connectivity index is 0.00000225. The summed E-state index contributed by atoms with van der Waals surface area (Å²) < 4.78 is 24.6. The summed E-state index contributed by atoms with van der Waals surface area (Å²) in [6.45, 7) is 3.94. The summed E-state index contributed by atoms with van der Waals surface area (Å²) in [6, 6.07) is 6.64. The van der Waals surface area contributed by atoms with Gasteiger partial charge in [-0.2, -0.15) is 0 Å². The summed E-state index contributed by atoms with van der Waals surface area (Å²) in [7, 11) is 1.80. The molecule has 1 aromatic rings. The number of hydrogen-bond acceptors (Lipinski definition) is 3. The van der Waals surface area contributed by atoms with Crippen LogP contribution in [0.25, 0.3) is 0 Å². The molecule has 2 heterocycles. The Morgan fingerprint density at radius 2 is 2.00 bits per heavy atom. The number of aliphatic imine (C=N–C) groups is 1. The van der Waals surface area contributed by atoms with E-state index in [2.05, 4.69) is 15.2 Å². The van der Waals surface area contributed by atoms with Gasteiger partial charge >= 0.3 is 0 Å². The third-order valence-electron chi connectivity index (χ3n) is 4.59. The number of guanidine groups is 1. The molecule has 0 aromatic heterocycles. The monoisotopic (exact) mass is 463 g/mol. The second-order valence-electron chi connectivity index (χ2n) is 6.26. The normalized spacial score (nSPS) is 24.1. The summed E-state index contributed by atoms with van der Waals surface area (Å²) in [4.78, 5) is 6.63. The Labute approximate surface area is 166 Å². The van der Waals surface area contributed by atoms with Crippen LogP contribution < -0.4 is 5.32 Å². The molecule has 0 amide bonds. The highest BCUT2D eigenvalue weighted by Gasteiger charge is 2.32. The van der Waals surface area contributed by atoms with Crippen LogP contribution >= 0.6 is 24.0 Å². The topological polar surface area (TPSA) is 46.1 Å². The Morgan fingerprint density at radius 1 is 1.24 bits per heavy atom. The minimum atomic E-state index is -0.198. The fraction of sp³-hybridized carbons (Fsp3) is 0.611. The number of ether oxygens (including phenoxy) is 2. The molecule has 5 nitrogen and oxygen atoms in total. The van der Waals surface area contributed by atoms with E-state index in [9.17, 15) is 4.39 Å². The molecule has 1 N–H and O–H groups in total. The van der Waals surface area contributed by atoms with Crippen molar-refractivity contribution in [1.29, 1.82) is 0 Å². The molecule has 0 radical (unpaired) electrons. The molecule has 1 aromatic carbocycles. The Hall–Kier alpha value is -0.930. The van der Waals surface area contributed by atoms with E-state index in [1.165, 1.54) is 12.1 Å². The van der Waals surface area contributed by atoms with Gasteiger partial charge in [0.15, 0.2) is 5.96 Å². The van der Waals surface area contributed by atoms with Crippen molar-refractivity contribution in [3.05, 3.63) is 35.6 Å². The van der Waals surface area contributed by atoms with E-state index >= 15 is 0 Å². The zero-order chi connectivity index (χ0) is 16.8. The Kier molecular flexibility index (Phi) is 8.38. The van der Waals surface area contributed by atoms with Gasteiger partial charge in [0.2, 0.25) is 0 Å². The molecule has 2 aliphatic heterocycles. The number of rotatable bonds is 4. The SMILES string of the molecule is CN=C(NCCc1ccc(F)cc1)N1CCOC(C2CCCO2)C1.I. The lowest BCUT2D eigenvalue weighted by atomic mass is 10.1. The van der Waals surface area contributed by atoms with Crippen molar-refractivity contribution in [2.24, 2.45) is 4.99 Å². The molecular weight excluding hydrogens is 436 g/mol. The van der Waals surface area contributed by atoms with Crippen molar-refractivity contribution in [3.8, 4) is 0 Å². The maximum absolute atomic E-state index is 12.9. The number of nitrogens with one attached hydrogen (secondary N) is 1. The highest BCUT2D eigenvalue weighted by atomic mass is 127. The largest absolute Gasteiger partial charge is 0.375 e. The van der Waals surface area contributed by atoms with Crippen LogP contribution in [0, 0.1) is 5.82 Å². The summed E-state index contributed by atoms with van der Waals surface area (Å²) in [6.07, 6.45) is 3.37. The van der Waals surface area contributed by atoms with Crippen LogP contribution in [-0.4, -0.2) is 63.0 Å². The number of morpholine rings is 1. The molecular formula is C18H27FIN3O2. The lowest BCUT2D eigenvalue weighted by molar-refractivity contribution is -0.0816. The van der Waals surface area contributed by atoms with Crippen LogP contribution in [0.2, 0.25) is 0 Å². The minimum Gasteiger partial charge on any atom is -0.375 e. The molecule has 0 bridgehead atoms. The quantitative estimate of drug-likeness (QED) is 0.424. The number of nitrogens with zero attached hydrogens (tertiary/aromatic N) is 2. The number of halogens is 2. The van der Waals surface area contributed by atoms with Gasteiger partial charge in [-0.15, -0.1) is 24.0 Å². The highest BCUT2D eigenvalue weighted by molar-refractivity contribution is 14.0. The van der Waals surface area contributed by atoms with Gasteiger partial charge in [-0.25, -0.2) is 4.39 Å². The molecule has 2 fully saturated rings. The fourth-order valence-electron chi connectivity index (χ4n) is 3.29. The predicted molar refractivity (Wildman–Crippen MR) is 107 cm³/mol. The molecule has 0 spiro atoms. The first-order chi connectivity index (χ1) is 11.8. The van der Waals surface area contributed by atoms with E-state index in [4.69, 9.17) is 9.47 Å². The van der Waals surface area contributed by atoms with Gasteiger partial charge in [0.05, 0.1) is 12.7 Å². The van der Waals surface area contributed by atoms with Crippen molar-refractivity contribution in [2.45, 2.75) is 31.5 Å². The van der Waals surface area contributed by atoms with Crippen molar-refractivity contribution < 1.29 is 13.9 Å². The first-order valence-corrected chi connectivity index (χ1v) is 8.69. The molecule has 7 heteroatoms. The molecule has 2 aliphatic rings. The maximum atomic E-state index is 12.9. The zero-order valence-electron chi connectivity index (χ0n) is 14.6. The van der Waals surface area contributed by atoms with Crippen molar-refractivity contribution >= 4 is 29.9 Å². The van der Waals surface area contributed by atoms with Crippen molar-refractivity contribution in [2.75, 3.05) is 39.9 Å². The molecule has 0 saturated carbocycles. The van der Waals surface area contributed by atoms with E-state index in [0.29, 0.717) is 6.61 Å². The van der Waals surface area contributed by atoms with Crippen LogP contribution in [0.15, 0.2) is 29.3 Å². The van der Waals surface area contributed by atoms with Gasteiger partial charge in [0, 0.05) is 33.3 Å². The van der Waals surface area contributed by atoms with E-state index in [1.54, 1.807) is 7.05 Å². The first-order valence-electron chi connectivity index (χ1n) is 8.69. The van der Waals surface area contributed by atoms with Crippen LogP contribution in [-0.2, 0) is 15.9 Å². The van der Waals surface area contributed by atoms with Crippen LogP contribution in [0.1, 0.15) is 18.4 Å². The summed E-state index contributed by atoms with van der Waals surface area (Å²) in [5, 5.41) is 3.40. The molecule has 140 valence electrons. The molecule has 2 saturated heterocycles. The second-order valence-corrected chi connectivity index (χ2v) is 6.26. The average Bonchev–Trinajstić information content (AvgIpc) is 3.15. The van der Waals surface area contributed by atoms with Gasteiger partial charge in [0.25, 0.3) is 0 Å². The fourth-order valence-corrected chi connectivity index (χ4v) is 3.29. The highest BCUT2D eigenvalue weighted by Crippen LogP contribution is 2.21. The summed E-state index contributed by atoms with van der Waals surface area (Å²) in [5.41, 5.74) is 1.11. The molecule has 25 heavy (non-hydrogen) atoms. The van der Waals surface area contributed by atoms with Gasteiger partial charge < -0.3 is 19.7 Å². The zero-order valence-corrected chi connectivity index (χ0v) is 16.9. The molecule has 2 atom stereocenters. The molecule has 2 unspecified atom stereocenters. The Morgan fingerprint density at radius 3 is 2.68 bits per heavy atom. The molecule has 3 rings (SSSR count).